The molecule has 4 nitrogen and oxygen atoms in total. The van der Waals surface area contributed by atoms with Gasteiger partial charge in [0.1, 0.15) is 5.76 Å². The fourth-order valence-electron chi connectivity index (χ4n) is 3.15. The highest BCUT2D eigenvalue weighted by Gasteiger charge is 2.20. The molecule has 0 atom stereocenters. The van der Waals surface area contributed by atoms with Crippen LogP contribution < -0.4 is 0 Å². The number of phenolic OH excluding ortho intramolecular Hbond substituents is 1. The number of aromatic nitrogens is 2. The number of aromatic hydroxyl groups is 1. The van der Waals surface area contributed by atoms with E-state index in [1.165, 1.54) is 0 Å². The molecule has 0 radical (unpaired) electrons. The van der Waals surface area contributed by atoms with Gasteiger partial charge < -0.3 is 14.2 Å². The summed E-state index contributed by atoms with van der Waals surface area (Å²) >= 11 is 0. The standard InChI is InChI=1S/C19H14F2N2O2/c1-10-18(11(2)25-22-10)17-7-12-5-3-4-6-16(12)23(17)13-8-14(20)19(24)15(21)9-13/h3-9,24H,1-2H3. The molecule has 0 saturated carbocycles. The molecule has 126 valence electrons. The summed E-state index contributed by atoms with van der Waals surface area (Å²) < 4.78 is 34.8. The lowest BCUT2D eigenvalue weighted by molar-refractivity contribution is 0.393. The van der Waals surface area contributed by atoms with Gasteiger partial charge in [-0.3, -0.25) is 0 Å². The number of hydrogen-bond acceptors (Lipinski definition) is 3. The monoisotopic (exact) mass is 340 g/mol. The third-order valence-corrected chi connectivity index (χ3v) is 4.26. The number of fused-ring (bicyclic) bond motifs is 1. The molecule has 0 aliphatic carbocycles. The Hall–Kier alpha value is -3.15. The van der Waals surface area contributed by atoms with Crippen LogP contribution in [0.3, 0.4) is 0 Å². The van der Waals surface area contributed by atoms with Gasteiger partial charge in [-0.05, 0) is 26.0 Å². The summed E-state index contributed by atoms with van der Waals surface area (Å²) in [6, 6.07) is 11.6. The van der Waals surface area contributed by atoms with Gasteiger partial charge in [-0.15, -0.1) is 0 Å². The van der Waals surface area contributed by atoms with E-state index >= 15 is 0 Å². The average Bonchev–Trinajstić information content (AvgIpc) is 3.11. The molecule has 0 unspecified atom stereocenters. The SMILES string of the molecule is Cc1noc(C)c1-c1cc2ccccc2n1-c1cc(F)c(O)c(F)c1. The highest BCUT2D eigenvalue weighted by atomic mass is 19.1. The fourth-order valence-corrected chi connectivity index (χ4v) is 3.15. The van der Waals surface area contributed by atoms with E-state index in [-0.39, 0.29) is 5.69 Å². The van der Waals surface area contributed by atoms with Gasteiger partial charge in [0.2, 0.25) is 0 Å². The minimum absolute atomic E-state index is 0.268. The molecule has 0 saturated heterocycles. The van der Waals surface area contributed by atoms with Crippen LogP contribution in [0.25, 0.3) is 27.8 Å². The third-order valence-electron chi connectivity index (χ3n) is 4.26. The Morgan fingerprint density at radius 1 is 1.04 bits per heavy atom. The molecule has 0 amide bonds. The molecule has 0 fully saturated rings. The number of rotatable bonds is 2. The highest BCUT2D eigenvalue weighted by Crippen LogP contribution is 2.36. The largest absolute Gasteiger partial charge is 0.503 e. The Morgan fingerprint density at radius 2 is 1.72 bits per heavy atom. The predicted molar refractivity (Wildman–Crippen MR) is 89.8 cm³/mol. The maximum Gasteiger partial charge on any atom is 0.187 e. The van der Waals surface area contributed by atoms with Crippen molar-refractivity contribution in [2.75, 3.05) is 0 Å². The second-order valence-electron chi connectivity index (χ2n) is 5.88. The number of phenols is 1. The molecule has 2 heterocycles. The summed E-state index contributed by atoms with van der Waals surface area (Å²) in [5.74, 6) is -2.41. The highest BCUT2D eigenvalue weighted by molar-refractivity contribution is 5.90. The number of halogens is 2. The van der Waals surface area contributed by atoms with Crippen LogP contribution in [0.2, 0.25) is 0 Å². The zero-order chi connectivity index (χ0) is 17.7. The number of benzene rings is 2. The van der Waals surface area contributed by atoms with Crippen molar-refractivity contribution in [3.05, 3.63) is 65.6 Å². The zero-order valence-corrected chi connectivity index (χ0v) is 13.5. The normalized spacial score (nSPS) is 11.4. The van der Waals surface area contributed by atoms with Crippen molar-refractivity contribution in [1.82, 2.24) is 9.72 Å². The number of para-hydroxylation sites is 1. The van der Waals surface area contributed by atoms with Gasteiger partial charge in [0.25, 0.3) is 0 Å². The van der Waals surface area contributed by atoms with Crippen molar-refractivity contribution < 1.29 is 18.4 Å². The molecule has 0 spiro atoms. The quantitative estimate of drug-likeness (QED) is 0.565. The first-order valence-corrected chi connectivity index (χ1v) is 7.69. The van der Waals surface area contributed by atoms with Crippen molar-refractivity contribution in [1.29, 1.82) is 0 Å². The van der Waals surface area contributed by atoms with E-state index < -0.39 is 17.4 Å². The lowest BCUT2D eigenvalue weighted by Crippen LogP contribution is -2.00. The van der Waals surface area contributed by atoms with Crippen LogP contribution in [-0.2, 0) is 0 Å². The molecule has 1 N–H and O–H groups in total. The fraction of sp³-hybridized carbons (Fsp3) is 0.105. The van der Waals surface area contributed by atoms with Crippen LogP contribution in [0.1, 0.15) is 11.5 Å². The second-order valence-corrected chi connectivity index (χ2v) is 5.88. The first-order valence-electron chi connectivity index (χ1n) is 7.69. The van der Waals surface area contributed by atoms with Gasteiger partial charge in [0.15, 0.2) is 17.4 Å². The Bertz CT molecular complexity index is 1070. The van der Waals surface area contributed by atoms with E-state index in [0.29, 0.717) is 17.1 Å². The molecule has 4 aromatic rings. The van der Waals surface area contributed by atoms with Crippen LogP contribution >= 0.6 is 0 Å². The first-order chi connectivity index (χ1) is 12.0. The Balaban J connectivity index is 2.11. The number of hydrogen-bond donors (Lipinski definition) is 1. The van der Waals surface area contributed by atoms with Crippen molar-refractivity contribution in [3.8, 4) is 22.7 Å². The predicted octanol–water partition coefficient (Wildman–Crippen LogP) is 4.89. The van der Waals surface area contributed by atoms with E-state index in [2.05, 4.69) is 5.16 Å². The number of aryl methyl sites for hydroxylation is 2. The van der Waals surface area contributed by atoms with Crippen LogP contribution in [0.4, 0.5) is 8.78 Å². The molecule has 4 rings (SSSR count). The molecule has 0 bridgehead atoms. The van der Waals surface area contributed by atoms with E-state index in [9.17, 15) is 13.9 Å². The molecule has 2 aromatic heterocycles. The van der Waals surface area contributed by atoms with E-state index in [4.69, 9.17) is 4.52 Å². The molecular formula is C19H14F2N2O2. The lowest BCUT2D eigenvalue weighted by atomic mass is 10.1. The van der Waals surface area contributed by atoms with E-state index in [1.807, 2.05) is 37.3 Å². The van der Waals surface area contributed by atoms with Crippen molar-refractivity contribution in [2.45, 2.75) is 13.8 Å². The summed E-state index contributed by atoms with van der Waals surface area (Å²) in [4.78, 5) is 0. The van der Waals surface area contributed by atoms with Gasteiger partial charge in [-0.25, -0.2) is 8.78 Å². The van der Waals surface area contributed by atoms with E-state index in [1.54, 1.807) is 11.5 Å². The molecule has 0 aliphatic heterocycles. The van der Waals surface area contributed by atoms with Gasteiger partial charge in [0, 0.05) is 17.5 Å². The van der Waals surface area contributed by atoms with Gasteiger partial charge >= 0.3 is 0 Å². The van der Waals surface area contributed by atoms with Gasteiger partial charge in [-0.1, -0.05) is 23.4 Å². The Labute approximate surface area is 141 Å². The minimum Gasteiger partial charge on any atom is -0.503 e. The van der Waals surface area contributed by atoms with Crippen molar-refractivity contribution in [3.63, 3.8) is 0 Å². The maximum absolute atomic E-state index is 13.9. The lowest BCUT2D eigenvalue weighted by Gasteiger charge is -2.12. The summed E-state index contributed by atoms with van der Waals surface area (Å²) in [6.45, 7) is 3.60. The van der Waals surface area contributed by atoms with Crippen molar-refractivity contribution in [2.24, 2.45) is 0 Å². The number of nitrogens with zero attached hydrogens (tertiary/aromatic N) is 2. The second kappa shape index (κ2) is 5.44. The summed E-state index contributed by atoms with van der Waals surface area (Å²) in [5, 5.41) is 14.3. The molecule has 25 heavy (non-hydrogen) atoms. The van der Waals surface area contributed by atoms with Crippen molar-refractivity contribution >= 4 is 10.9 Å². The average molecular weight is 340 g/mol. The van der Waals surface area contributed by atoms with Crippen LogP contribution in [0.5, 0.6) is 5.75 Å². The topological polar surface area (TPSA) is 51.2 Å². The molecule has 6 heteroatoms. The van der Waals surface area contributed by atoms with E-state index in [0.717, 1.165) is 28.6 Å². The maximum atomic E-state index is 13.9. The summed E-state index contributed by atoms with van der Waals surface area (Å²) in [7, 11) is 0. The van der Waals surface area contributed by atoms with Crippen LogP contribution in [0.15, 0.2) is 47.0 Å². The molecule has 0 aliphatic rings. The Kier molecular flexibility index (Phi) is 3.35. The summed E-state index contributed by atoms with van der Waals surface area (Å²) in [6.07, 6.45) is 0. The smallest absolute Gasteiger partial charge is 0.187 e. The molecule has 2 aromatic carbocycles. The van der Waals surface area contributed by atoms with Gasteiger partial charge in [-0.2, -0.15) is 0 Å². The zero-order valence-electron chi connectivity index (χ0n) is 13.5. The minimum atomic E-state index is -1.02. The third kappa shape index (κ3) is 2.29. The summed E-state index contributed by atoms with van der Waals surface area (Å²) in [5.41, 5.74) is 3.21. The molecular weight excluding hydrogens is 326 g/mol. The van der Waals surface area contributed by atoms with Gasteiger partial charge in [0.05, 0.1) is 28.2 Å². The van der Waals surface area contributed by atoms with Crippen LogP contribution in [-0.4, -0.2) is 14.8 Å². The first kappa shape index (κ1) is 15.4. The Morgan fingerprint density at radius 3 is 2.36 bits per heavy atom. The van der Waals surface area contributed by atoms with Crippen LogP contribution in [0, 0.1) is 25.5 Å².